The van der Waals surface area contributed by atoms with E-state index in [0.717, 1.165) is 12.2 Å². The molecular formula is C19H20N2OS. The Labute approximate surface area is 141 Å². The summed E-state index contributed by atoms with van der Waals surface area (Å²) in [5, 5.41) is 8.90. The quantitative estimate of drug-likeness (QED) is 0.609. The SMILES string of the molecule is CCc1ccc(Cc2nnc(SCc3ccc(C)cc3)o2)cc1. The van der Waals surface area contributed by atoms with Crippen molar-refractivity contribution in [2.75, 3.05) is 0 Å². The third-order valence-electron chi connectivity index (χ3n) is 3.72. The van der Waals surface area contributed by atoms with Crippen molar-refractivity contribution in [3.8, 4) is 0 Å². The number of hydrogen-bond donors (Lipinski definition) is 0. The number of benzene rings is 2. The summed E-state index contributed by atoms with van der Waals surface area (Å²) in [6, 6.07) is 17.1. The summed E-state index contributed by atoms with van der Waals surface area (Å²) >= 11 is 1.58. The molecule has 0 spiro atoms. The highest BCUT2D eigenvalue weighted by molar-refractivity contribution is 7.98. The summed E-state index contributed by atoms with van der Waals surface area (Å²) in [6.07, 6.45) is 1.74. The Morgan fingerprint density at radius 1 is 0.870 bits per heavy atom. The van der Waals surface area contributed by atoms with Gasteiger partial charge in [-0.2, -0.15) is 0 Å². The van der Waals surface area contributed by atoms with Crippen LogP contribution in [0.25, 0.3) is 0 Å². The topological polar surface area (TPSA) is 38.9 Å². The zero-order valence-corrected chi connectivity index (χ0v) is 14.3. The Balaban J connectivity index is 1.57. The van der Waals surface area contributed by atoms with Crippen molar-refractivity contribution in [3.05, 3.63) is 76.7 Å². The maximum Gasteiger partial charge on any atom is 0.276 e. The van der Waals surface area contributed by atoms with Crippen molar-refractivity contribution in [2.45, 2.75) is 37.7 Å². The summed E-state index contributed by atoms with van der Waals surface area (Å²) < 4.78 is 5.73. The number of rotatable bonds is 6. The largest absolute Gasteiger partial charge is 0.416 e. The molecule has 1 aromatic heterocycles. The van der Waals surface area contributed by atoms with Crippen LogP contribution in [0.3, 0.4) is 0 Å². The van der Waals surface area contributed by atoms with Crippen LogP contribution in [0, 0.1) is 6.92 Å². The first-order valence-electron chi connectivity index (χ1n) is 7.81. The lowest BCUT2D eigenvalue weighted by Crippen LogP contribution is -1.89. The second-order valence-electron chi connectivity index (χ2n) is 5.58. The van der Waals surface area contributed by atoms with Crippen molar-refractivity contribution >= 4 is 11.8 Å². The molecule has 0 N–H and O–H groups in total. The molecule has 0 atom stereocenters. The van der Waals surface area contributed by atoms with Crippen molar-refractivity contribution in [3.63, 3.8) is 0 Å². The minimum absolute atomic E-state index is 0.630. The number of aromatic nitrogens is 2. The van der Waals surface area contributed by atoms with Crippen LogP contribution >= 0.6 is 11.8 Å². The molecule has 0 radical (unpaired) electrons. The molecule has 0 bridgehead atoms. The predicted molar refractivity (Wildman–Crippen MR) is 93.7 cm³/mol. The molecule has 0 saturated carbocycles. The van der Waals surface area contributed by atoms with E-state index in [4.69, 9.17) is 4.42 Å². The van der Waals surface area contributed by atoms with Gasteiger partial charge < -0.3 is 4.42 Å². The molecule has 0 amide bonds. The monoisotopic (exact) mass is 324 g/mol. The van der Waals surface area contributed by atoms with Crippen LogP contribution in [0.15, 0.2) is 58.2 Å². The first kappa shape index (κ1) is 15.8. The molecule has 4 heteroatoms. The molecule has 3 nitrogen and oxygen atoms in total. The Morgan fingerprint density at radius 3 is 2.22 bits per heavy atom. The Kier molecular flexibility index (Phi) is 5.13. The number of hydrogen-bond acceptors (Lipinski definition) is 4. The molecule has 0 aliphatic carbocycles. The second-order valence-corrected chi connectivity index (χ2v) is 6.51. The normalized spacial score (nSPS) is 10.9. The van der Waals surface area contributed by atoms with Crippen LogP contribution in [-0.4, -0.2) is 10.2 Å². The average Bonchev–Trinajstić information content (AvgIpc) is 3.02. The van der Waals surface area contributed by atoms with Crippen molar-refractivity contribution in [1.82, 2.24) is 10.2 Å². The highest BCUT2D eigenvalue weighted by Crippen LogP contribution is 2.22. The summed E-state index contributed by atoms with van der Waals surface area (Å²) in [5.74, 6) is 1.51. The first-order chi connectivity index (χ1) is 11.2. The smallest absolute Gasteiger partial charge is 0.276 e. The Hall–Kier alpha value is -2.07. The van der Waals surface area contributed by atoms with Crippen LogP contribution in [0.4, 0.5) is 0 Å². The molecule has 0 fully saturated rings. The zero-order chi connectivity index (χ0) is 16.1. The Bertz CT molecular complexity index is 748. The molecule has 3 rings (SSSR count). The summed E-state index contributed by atoms with van der Waals surface area (Å²) in [5.41, 5.74) is 5.07. The lowest BCUT2D eigenvalue weighted by molar-refractivity contribution is 0.420. The molecular weight excluding hydrogens is 304 g/mol. The summed E-state index contributed by atoms with van der Waals surface area (Å²) in [6.45, 7) is 4.25. The third kappa shape index (κ3) is 4.45. The van der Waals surface area contributed by atoms with Gasteiger partial charge in [-0.1, -0.05) is 72.8 Å². The first-order valence-corrected chi connectivity index (χ1v) is 8.80. The Morgan fingerprint density at radius 2 is 1.52 bits per heavy atom. The van der Waals surface area contributed by atoms with Crippen LogP contribution in [0.5, 0.6) is 0 Å². The van der Waals surface area contributed by atoms with Gasteiger partial charge in [-0.15, -0.1) is 10.2 Å². The molecule has 0 unspecified atom stereocenters. The molecule has 0 aliphatic rings. The van der Waals surface area contributed by atoms with E-state index >= 15 is 0 Å². The number of aryl methyl sites for hydroxylation is 2. The molecule has 0 aliphatic heterocycles. The summed E-state index contributed by atoms with van der Waals surface area (Å²) in [7, 11) is 0. The van der Waals surface area contributed by atoms with Crippen LogP contribution in [0.2, 0.25) is 0 Å². The summed E-state index contributed by atoms with van der Waals surface area (Å²) in [4.78, 5) is 0. The predicted octanol–water partition coefficient (Wildman–Crippen LogP) is 4.82. The van der Waals surface area contributed by atoms with Crippen molar-refractivity contribution < 1.29 is 4.42 Å². The minimum Gasteiger partial charge on any atom is -0.416 e. The van der Waals surface area contributed by atoms with Gasteiger partial charge in [0.25, 0.3) is 5.22 Å². The molecule has 3 aromatic rings. The van der Waals surface area contributed by atoms with Crippen LogP contribution in [0.1, 0.15) is 35.1 Å². The standard InChI is InChI=1S/C19H20N2OS/c1-3-15-8-10-16(11-9-15)12-18-20-21-19(22-18)23-13-17-6-4-14(2)5-7-17/h4-11H,3,12-13H2,1-2H3. The third-order valence-corrected chi connectivity index (χ3v) is 4.61. The fourth-order valence-electron chi connectivity index (χ4n) is 2.26. The second kappa shape index (κ2) is 7.47. The highest BCUT2D eigenvalue weighted by atomic mass is 32.2. The van der Waals surface area contributed by atoms with E-state index in [9.17, 15) is 0 Å². The fourth-order valence-corrected chi connectivity index (χ4v) is 3.00. The van der Waals surface area contributed by atoms with Gasteiger partial charge in [0.1, 0.15) is 0 Å². The molecule has 2 aromatic carbocycles. The lowest BCUT2D eigenvalue weighted by Gasteiger charge is -2.00. The maximum absolute atomic E-state index is 5.73. The van der Waals surface area contributed by atoms with E-state index in [1.807, 2.05) is 0 Å². The highest BCUT2D eigenvalue weighted by Gasteiger charge is 2.08. The van der Waals surface area contributed by atoms with Crippen LogP contribution < -0.4 is 0 Å². The van der Waals surface area contributed by atoms with Gasteiger partial charge in [0.15, 0.2) is 0 Å². The van der Waals surface area contributed by atoms with E-state index in [1.54, 1.807) is 11.8 Å². The van der Waals surface area contributed by atoms with E-state index in [-0.39, 0.29) is 0 Å². The van der Waals surface area contributed by atoms with Gasteiger partial charge in [-0.25, -0.2) is 0 Å². The van der Waals surface area contributed by atoms with E-state index in [1.165, 1.54) is 22.3 Å². The minimum atomic E-state index is 0.630. The van der Waals surface area contributed by atoms with Gasteiger partial charge in [0.2, 0.25) is 5.89 Å². The van der Waals surface area contributed by atoms with E-state index < -0.39 is 0 Å². The molecule has 23 heavy (non-hydrogen) atoms. The van der Waals surface area contributed by atoms with Gasteiger partial charge in [0, 0.05) is 5.75 Å². The lowest BCUT2D eigenvalue weighted by atomic mass is 10.1. The number of nitrogens with zero attached hydrogens (tertiary/aromatic N) is 2. The molecule has 0 saturated heterocycles. The van der Waals surface area contributed by atoms with E-state index in [0.29, 0.717) is 17.5 Å². The van der Waals surface area contributed by atoms with Gasteiger partial charge in [0.05, 0.1) is 6.42 Å². The van der Waals surface area contributed by atoms with Crippen LogP contribution in [-0.2, 0) is 18.6 Å². The molecule has 118 valence electrons. The van der Waals surface area contributed by atoms with Crippen molar-refractivity contribution in [1.29, 1.82) is 0 Å². The molecule has 1 heterocycles. The number of thioether (sulfide) groups is 1. The fraction of sp³-hybridized carbons (Fsp3) is 0.263. The van der Waals surface area contributed by atoms with Gasteiger partial charge in [-0.05, 0) is 30.0 Å². The van der Waals surface area contributed by atoms with Gasteiger partial charge >= 0.3 is 0 Å². The zero-order valence-electron chi connectivity index (χ0n) is 13.5. The maximum atomic E-state index is 5.73. The van der Waals surface area contributed by atoms with Crippen molar-refractivity contribution in [2.24, 2.45) is 0 Å². The van der Waals surface area contributed by atoms with E-state index in [2.05, 4.69) is 72.6 Å². The van der Waals surface area contributed by atoms with Gasteiger partial charge in [-0.3, -0.25) is 0 Å². The average molecular weight is 324 g/mol.